The van der Waals surface area contributed by atoms with Gasteiger partial charge in [0.15, 0.2) is 6.61 Å². The Morgan fingerprint density at radius 3 is 2.28 bits per heavy atom. The van der Waals surface area contributed by atoms with Crippen LogP contribution in [-0.2, 0) is 24.4 Å². The van der Waals surface area contributed by atoms with E-state index in [2.05, 4.69) is 15.8 Å². The number of sulfonamides is 1. The zero-order valence-electron chi connectivity index (χ0n) is 17.4. The number of likely N-dealkylation sites (N-methyl/N-ethyl adjacent to an activating group) is 1. The van der Waals surface area contributed by atoms with E-state index >= 15 is 0 Å². The first-order valence-electron chi connectivity index (χ1n) is 9.25. The zero-order chi connectivity index (χ0) is 23.7. The predicted molar refractivity (Wildman–Crippen MR) is 117 cm³/mol. The van der Waals surface area contributed by atoms with Crippen molar-refractivity contribution in [1.29, 1.82) is 0 Å². The summed E-state index contributed by atoms with van der Waals surface area (Å²) in [5, 5.41) is 6.33. The lowest BCUT2D eigenvalue weighted by Gasteiger charge is -2.16. The lowest BCUT2D eigenvalue weighted by molar-refractivity contribution is -0.121. The van der Waals surface area contributed by atoms with Gasteiger partial charge in [-0.25, -0.2) is 13.8 Å². The van der Waals surface area contributed by atoms with Crippen LogP contribution >= 0.6 is 0 Å². The summed E-state index contributed by atoms with van der Waals surface area (Å²) in [4.78, 5) is 33.8. The van der Waals surface area contributed by atoms with E-state index in [0.717, 1.165) is 4.31 Å². The van der Waals surface area contributed by atoms with Crippen molar-refractivity contribution in [1.82, 2.24) is 9.73 Å². The minimum atomic E-state index is -3.91. The lowest BCUT2D eigenvalue weighted by atomic mass is 10.2. The topological polar surface area (TPSA) is 160 Å². The van der Waals surface area contributed by atoms with E-state index in [1.165, 1.54) is 44.5 Å². The molecule has 0 spiro atoms. The van der Waals surface area contributed by atoms with Gasteiger partial charge in [0.25, 0.3) is 11.8 Å². The molecule has 3 amide bonds. The van der Waals surface area contributed by atoms with Crippen LogP contribution < -0.4 is 21.2 Å². The largest absolute Gasteiger partial charge is 0.484 e. The molecule has 0 saturated heterocycles. The number of carbonyl (C=O) groups is 3. The van der Waals surface area contributed by atoms with Crippen molar-refractivity contribution in [2.75, 3.05) is 25.5 Å². The Hall–Kier alpha value is -3.77. The number of rotatable bonds is 10. The average molecular weight is 462 g/mol. The third-order valence-electron chi connectivity index (χ3n) is 3.91. The number of primary amides is 1. The van der Waals surface area contributed by atoms with E-state index in [0.29, 0.717) is 17.0 Å². The van der Waals surface area contributed by atoms with E-state index in [-0.39, 0.29) is 17.4 Å². The van der Waals surface area contributed by atoms with Gasteiger partial charge in [0, 0.05) is 19.7 Å². The molecule has 2 aromatic carbocycles. The molecule has 2 aromatic rings. The maximum atomic E-state index is 12.6. The molecule has 11 nitrogen and oxygen atoms in total. The van der Waals surface area contributed by atoms with Gasteiger partial charge in [-0.1, -0.05) is 0 Å². The van der Waals surface area contributed by atoms with Crippen LogP contribution in [0, 0.1) is 0 Å². The van der Waals surface area contributed by atoms with E-state index in [4.69, 9.17) is 10.5 Å². The fourth-order valence-electron chi connectivity index (χ4n) is 2.40. The van der Waals surface area contributed by atoms with Crippen molar-refractivity contribution in [3.63, 3.8) is 0 Å². The molecule has 0 aliphatic heterocycles. The second kappa shape index (κ2) is 11.0. The lowest BCUT2D eigenvalue weighted by Crippen LogP contribution is -2.36. The van der Waals surface area contributed by atoms with Crippen molar-refractivity contribution in [2.24, 2.45) is 10.8 Å². The van der Waals surface area contributed by atoms with Crippen LogP contribution in [0.25, 0.3) is 0 Å². The van der Waals surface area contributed by atoms with Gasteiger partial charge >= 0.3 is 0 Å². The van der Waals surface area contributed by atoms with Crippen molar-refractivity contribution in [2.45, 2.75) is 11.8 Å². The second-order valence-corrected chi connectivity index (χ2v) is 8.63. The van der Waals surface area contributed by atoms with E-state index < -0.39 is 28.4 Å². The number of anilines is 1. The minimum Gasteiger partial charge on any atom is -0.484 e. The zero-order valence-corrected chi connectivity index (χ0v) is 18.3. The van der Waals surface area contributed by atoms with Gasteiger partial charge in [-0.2, -0.15) is 9.41 Å². The van der Waals surface area contributed by atoms with Crippen molar-refractivity contribution >= 4 is 39.6 Å². The fraction of sp³-hybridized carbons (Fsp3) is 0.200. The Kier molecular flexibility index (Phi) is 8.44. The minimum absolute atomic E-state index is 0.0240. The molecule has 0 saturated carbocycles. The van der Waals surface area contributed by atoms with Crippen LogP contribution in [0.1, 0.15) is 12.5 Å². The Labute approximate surface area is 185 Å². The fourth-order valence-corrected chi connectivity index (χ4v) is 3.53. The van der Waals surface area contributed by atoms with Gasteiger partial charge in [0.2, 0.25) is 15.9 Å². The molecule has 0 atom stereocenters. The molecule has 12 heteroatoms. The average Bonchev–Trinajstić information content (AvgIpc) is 2.73. The number of ether oxygens (including phenoxy) is 1. The van der Waals surface area contributed by atoms with Crippen LogP contribution in [0.5, 0.6) is 5.75 Å². The van der Waals surface area contributed by atoms with Gasteiger partial charge < -0.3 is 15.8 Å². The number of nitrogens with zero attached hydrogens (tertiary/aromatic N) is 2. The van der Waals surface area contributed by atoms with Crippen LogP contribution in [0.2, 0.25) is 0 Å². The summed E-state index contributed by atoms with van der Waals surface area (Å²) in [6.07, 6.45) is 1.37. The molecular weight excluding hydrogens is 438 g/mol. The SMILES string of the molecule is CC(=O)Nc1ccc(S(=O)(=O)N(C)CC(=O)N/N=C/c2ccc(OCC(N)=O)cc2)cc1. The summed E-state index contributed by atoms with van der Waals surface area (Å²) < 4.78 is 31.2. The molecule has 0 aliphatic carbocycles. The van der Waals surface area contributed by atoms with Crippen LogP contribution in [-0.4, -0.2) is 56.9 Å². The Balaban J connectivity index is 1.90. The Morgan fingerprint density at radius 1 is 1.09 bits per heavy atom. The quantitative estimate of drug-likeness (QED) is 0.340. The number of amides is 3. The summed E-state index contributed by atoms with van der Waals surface area (Å²) in [5.74, 6) is -1.06. The summed E-state index contributed by atoms with van der Waals surface area (Å²) in [6, 6.07) is 12.1. The van der Waals surface area contributed by atoms with Gasteiger partial charge in [-0.05, 0) is 54.1 Å². The molecule has 0 aliphatic rings. The number of hydrazone groups is 1. The first-order valence-corrected chi connectivity index (χ1v) is 10.7. The predicted octanol–water partition coefficient (Wildman–Crippen LogP) is 0.280. The number of hydrogen-bond donors (Lipinski definition) is 3. The maximum absolute atomic E-state index is 12.6. The van der Waals surface area contributed by atoms with Gasteiger partial charge in [-0.3, -0.25) is 14.4 Å². The molecule has 2 rings (SSSR count). The smallest absolute Gasteiger partial charge is 0.255 e. The van der Waals surface area contributed by atoms with E-state index in [9.17, 15) is 22.8 Å². The third-order valence-corrected chi connectivity index (χ3v) is 5.73. The van der Waals surface area contributed by atoms with Crippen molar-refractivity contribution in [3.05, 3.63) is 54.1 Å². The van der Waals surface area contributed by atoms with Gasteiger partial charge in [0.1, 0.15) is 5.75 Å². The van der Waals surface area contributed by atoms with Gasteiger partial charge in [0.05, 0.1) is 17.7 Å². The van der Waals surface area contributed by atoms with Crippen molar-refractivity contribution in [3.8, 4) is 5.75 Å². The molecule has 0 bridgehead atoms. The summed E-state index contributed by atoms with van der Waals surface area (Å²) in [7, 11) is -2.64. The summed E-state index contributed by atoms with van der Waals surface area (Å²) in [6.45, 7) is 0.655. The second-order valence-electron chi connectivity index (χ2n) is 6.58. The maximum Gasteiger partial charge on any atom is 0.255 e. The van der Waals surface area contributed by atoms with E-state index in [1.54, 1.807) is 24.3 Å². The number of carbonyl (C=O) groups excluding carboxylic acids is 3. The number of benzene rings is 2. The Morgan fingerprint density at radius 2 is 1.72 bits per heavy atom. The number of hydrogen-bond acceptors (Lipinski definition) is 7. The summed E-state index contributed by atoms with van der Waals surface area (Å²) in [5.41, 5.74) is 8.35. The van der Waals surface area contributed by atoms with Crippen LogP contribution in [0.3, 0.4) is 0 Å². The van der Waals surface area contributed by atoms with Gasteiger partial charge in [-0.15, -0.1) is 0 Å². The third kappa shape index (κ3) is 7.49. The normalized spacial score (nSPS) is 11.3. The standard InChI is InChI=1S/C20H23N5O6S/c1-14(26)23-16-5-9-18(10-6-16)32(29,30)25(2)12-20(28)24-22-11-15-3-7-17(8-4-15)31-13-19(21)27/h3-11H,12-13H2,1-2H3,(H2,21,27)(H,23,26)(H,24,28)/b22-11+. The van der Waals surface area contributed by atoms with E-state index in [1.807, 2.05) is 0 Å². The monoisotopic (exact) mass is 461 g/mol. The molecule has 0 unspecified atom stereocenters. The van der Waals surface area contributed by atoms with Crippen LogP contribution in [0.15, 0.2) is 58.5 Å². The molecule has 32 heavy (non-hydrogen) atoms. The molecule has 0 aromatic heterocycles. The highest BCUT2D eigenvalue weighted by molar-refractivity contribution is 7.89. The number of nitrogens with two attached hydrogens (primary N) is 1. The first-order chi connectivity index (χ1) is 15.1. The molecular formula is C20H23N5O6S. The highest BCUT2D eigenvalue weighted by atomic mass is 32.2. The highest BCUT2D eigenvalue weighted by Gasteiger charge is 2.22. The first kappa shape index (κ1) is 24.5. The van der Waals surface area contributed by atoms with Crippen molar-refractivity contribution < 1.29 is 27.5 Å². The molecule has 0 fully saturated rings. The Bertz CT molecular complexity index is 1100. The summed E-state index contributed by atoms with van der Waals surface area (Å²) >= 11 is 0. The molecule has 0 heterocycles. The number of nitrogens with one attached hydrogen (secondary N) is 2. The molecule has 170 valence electrons. The highest BCUT2D eigenvalue weighted by Crippen LogP contribution is 2.17. The van der Waals surface area contributed by atoms with Crippen LogP contribution in [0.4, 0.5) is 5.69 Å². The molecule has 0 radical (unpaired) electrons. The molecule has 4 N–H and O–H groups in total.